The van der Waals surface area contributed by atoms with E-state index < -0.39 is 0 Å². The molecule has 3 aromatic rings. The van der Waals surface area contributed by atoms with Gasteiger partial charge < -0.3 is 5.32 Å². The van der Waals surface area contributed by atoms with Gasteiger partial charge in [0.15, 0.2) is 5.82 Å². The van der Waals surface area contributed by atoms with Crippen molar-refractivity contribution in [2.24, 2.45) is 0 Å². The number of aromatic nitrogens is 3. The first-order chi connectivity index (χ1) is 9.31. The van der Waals surface area contributed by atoms with Crippen LogP contribution < -0.4 is 5.32 Å². The summed E-state index contributed by atoms with van der Waals surface area (Å²) in [7, 11) is 0. The van der Waals surface area contributed by atoms with Crippen molar-refractivity contribution in [2.45, 2.75) is 0 Å². The molecular formula is C13H9ClN4S. The number of hydrogen-bond donors (Lipinski definition) is 1. The van der Waals surface area contributed by atoms with E-state index in [-0.39, 0.29) is 0 Å². The Kier molecular flexibility index (Phi) is 3.39. The summed E-state index contributed by atoms with van der Waals surface area (Å²) < 4.78 is 0. The van der Waals surface area contributed by atoms with E-state index in [0.29, 0.717) is 16.8 Å². The molecule has 0 saturated carbocycles. The SMILES string of the molecule is Clc1cccc(Nc2ncnc(-c3cccs3)n2)c1. The van der Waals surface area contributed by atoms with Gasteiger partial charge >= 0.3 is 0 Å². The summed E-state index contributed by atoms with van der Waals surface area (Å²) in [6.07, 6.45) is 1.49. The maximum atomic E-state index is 5.93. The summed E-state index contributed by atoms with van der Waals surface area (Å²) in [6, 6.07) is 11.3. The first-order valence-corrected chi connectivity index (χ1v) is 6.82. The molecule has 0 atom stereocenters. The highest BCUT2D eigenvalue weighted by Gasteiger charge is 2.05. The van der Waals surface area contributed by atoms with Crippen molar-refractivity contribution in [3.05, 3.63) is 53.1 Å². The second-order valence-electron chi connectivity index (χ2n) is 3.75. The molecule has 0 spiro atoms. The third kappa shape index (κ3) is 2.89. The summed E-state index contributed by atoms with van der Waals surface area (Å²) in [5.74, 6) is 1.16. The second kappa shape index (κ2) is 5.34. The maximum Gasteiger partial charge on any atom is 0.230 e. The molecule has 0 unspecified atom stereocenters. The molecule has 0 aliphatic rings. The molecule has 2 heterocycles. The van der Waals surface area contributed by atoms with Crippen molar-refractivity contribution in [2.75, 3.05) is 5.32 Å². The zero-order valence-corrected chi connectivity index (χ0v) is 11.3. The molecule has 94 valence electrons. The van der Waals surface area contributed by atoms with Gasteiger partial charge in [-0.2, -0.15) is 4.98 Å². The van der Waals surface area contributed by atoms with Crippen molar-refractivity contribution in [1.82, 2.24) is 15.0 Å². The number of thiophene rings is 1. The zero-order valence-electron chi connectivity index (χ0n) is 9.75. The fourth-order valence-corrected chi connectivity index (χ4v) is 2.43. The number of anilines is 2. The van der Waals surface area contributed by atoms with Crippen LogP contribution in [0.2, 0.25) is 5.02 Å². The van der Waals surface area contributed by atoms with Gasteiger partial charge in [-0.05, 0) is 29.6 Å². The number of halogens is 1. The lowest BCUT2D eigenvalue weighted by Gasteiger charge is -2.05. The van der Waals surface area contributed by atoms with Crippen LogP contribution in [0.4, 0.5) is 11.6 Å². The summed E-state index contributed by atoms with van der Waals surface area (Å²) in [5.41, 5.74) is 0.843. The average molecular weight is 289 g/mol. The summed E-state index contributed by atoms with van der Waals surface area (Å²) in [6.45, 7) is 0. The number of nitrogens with zero attached hydrogens (tertiary/aromatic N) is 3. The molecule has 0 aliphatic heterocycles. The van der Waals surface area contributed by atoms with Crippen LogP contribution >= 0.6 is 22.9 Å². The monoisotopic (exact) mass is 288 g/mol. The van der Waals surface area contributed by atoms with Gasteiger partial charge in [-0.15, -0.1) is 11.3 Å². The Hall–Kier alpha value is -1.98. The van der Waals surface area contributed by atoms with E-state index in [1.165, 1.54) is 6.33 Å². The van der Waals surface area contributed by atoms with Crippen molar-refractivity contribution >= 4 is 34.6 Å². The topological polar surface area (TPSA) is 50.7 Å². The Morgan fingerprint density at radius 2 is 2.05 bits per heavy atom. The predicted octanol–water partition coefficient (Wildman–Crippen LogP) is 4.00. The largest absolute Gasteiger partial charge is 0.324 e. The van der Waals surface area contributed by atoms with Crippen LogP contribution in [0.5, 0.6) is 0 Å². The first kappa shape index (κ1) is 12.1. The molecule has 0 fully saturated rings. The molecule has 0 bridgehead atoms. The van der Waals surface area contributed by atoms with Crippen LogP contribution in [-0.4, -0.2) is 15.0 Å². The number of benzene rings is 1. The lowest BCUT2D eigenvalue weighted by Crippen LogP contribution is -1.99. The van der Waals surface area contributed by atoms with E-state index in [2.05, 4.69) is 20.3 Å². The van der Waals surface area contributed by atoms with E-state index in [4.69, 9.17) is 11.6 Å². The third-order valence-electron chi connectivity index (χ3n) is 2.39. The molecule has 1 aromatic carbocycles. The number of hydrogen-bond acceptors (Lipinski definition) is 5. The molecule has 1 N–H and O–H groups in total. The summed E-state index contributed by atoms with van der Waals surface area (Å²) in [5, 5.41) is 5.76. The molecular weight excluding hydrogens is 280 g/mol. The van der Waals surface area contributed by atoms with Gasteiger partial charge in [0.25, 0.3) is 0 Å². The van der Waals surface area contributed by atoms with Gasteiger partial charge in [0.2, 0.25) is 5.95 Å². The van der Waals surface area contributed by atoms with Gasteiger partial charge in [0.05, 0.1) is 4.88 Å². The van der Waals surface area contributed by atoms with E-state index in [1.807, 2.05) is 41.8 Å². The minimum absolute atomic E-state index is 0.501. The standard InChI is InChI=1S/C13H9ClN4S/c14-9-3-1-4-10(7-9)17-13-16-8-15-12(18-13)11-5-2-6-19-11/h1-8H,(H,15,16,17,18). The van der Waals surface area contributed by atoms with Crippen LogP contribution in [0, 0.1) is 0 Å². The molecule has 6 heteroatoms. The Balaban J connectivity index is 1.88. The number of nitrogens with one attached hydrogen (secondary N) is 1. The maximum absolute atomic E-state index is 5.93. The van der Waals surface area contributed by atoms with Crippen LogP contribution in [0.25, 0.3) is 10.7 Å². The van der Waals surface area contributed by atoms with Crippen LogP contribution in [0.3, 0.4) is 0 Å². The van der Waals surface area contributed by atoms with Gasteiger partial charge in [0, 0.05) is 10.7 Å². The quantitative estimate of drug-likeness (QED) is 0.791. The highest BCUT2D eigenvalue weighted by Crippen LogP contribution is 2.22. The third-order valence-corrected chi connectivity index (χ3v) is 3.50. The summed E-state index contributed by atoms with van der Waals surface area (Å²) in [4.78, 5) is 13.7. The normalized spacial score (nSPS) is 10.4. The summed E-state index contributed by atoms with van der Waals surface area (Å²) >= 11 is 7.52. The molecule has 0 aliphatic carbocycles. The molecule has 0 amide bonds. The lowest BCUT2D eigenvalue weighted by molar-refractivity contribution is 1.07. The van der Waals surface area contributed by atoms with Gasteiger partial charge in [-0.3, -0.25) is 0 Å². The first-order valence-electron chi connectivity index (χ1n) is 5.57. The Bertz CT molecular complexity index is 685. The fraction of sp³-hybridized carbons (Fsp3) is 0. The molecule has 4 nitrogen and oxygen atoms in total. The van der Waals surface area contributed by atoms with Crippen LogP contribution in [-0.2, 0) is 0 Å². The average Bonchev–Trinajstić information content (AvgIpc) is 2.93. The Morgan fingerprint density at radius 3 is 2.84 bits per heavy atom. The van der Waals surface area contributed by atoms with Gasteiger partial charge in [-0.25, -0.2) is 9.97 Å². The van der Waals surface area contributed by atoms with E-state index >= 15 is 0 Å². The molecule has 2 aromatic heterocycles. The van der Waals surface area contributed by atoms with E-state index in [1.54, 1.807) is 11.3 Å². The molecule has 0 saturated heterocycles. The van der Waals surface area contributed by atoms with E-state index in [9.17, 15) is 0 Å². The molecule has 3 rings (SSSR count). The minimum Gasteiger partial charge on any atom is -0.324 e. The Labute approximate surface area is 119 Å². The van der Waals surface area contributed by atoms with Crippen LogP contribution in [0.15, 0.2) is 48.1 Å². The van der Waals surface area contributed by atoms with E-state index in [0.717, 1.165) is 10.6 Å². The van der Waals surface area contributed by atoms with Crippen molar-refractivity contribution in [3.8, 4) is 10.7 Å². The lowest BCUT2D eigenvalue weighted by atomic mass is 10.3. The zero-order chi connectivity index (χ0) is 13.1. The highest BCUT2D eigenvalue weighted by atomic mass is 35.5. The Morgan fingerprint density at radius 1 is 1.11 bits per heavy atom. The highest BCUT2D eigenvalue weighted by molar-refractivity contribution is 7.13. The predicted molar refractivity (Wildman–Crippen MR) is 77.9 cm³/mol. The van der Waals surface area contributed by atoms with Crippen molar-refractivity contribution in [3.63, 3.8) is 0 Å². The van der Waals surface area contributed by atoms with Crippen molar-refractivity contribution < 1.29 is 0 Å². The van der Waals surface area contributed by atoms with Gasteiger partial charge in [-0.1, -0.05) is 23.7 Å². The molecule has 0 radical (unpaired) electrons. The second-order valence-corrected chi connectivity index (χ2v) is 5.13. The van der Waals surface area contributed by atoms with Crippen LogP contribution in [0.1, 0.15) is 0 Å². The fourth-order valence-electron chi connectivity index (χ4n) is 1.58. The smallest absolute Gasteiger partial charge is 0.230 e. The van der Waals surface area contributed by atoms with Gasteiger partial charge in [0.1, 0.15) is 6.33 Å². The number of rotatable bonds is 3. The molecule has 19 heavy (non-hydrogen) atoms. The van der Waals surface area contributed by atoms with Crippen molar-refractivity contribution in [1.29, 1.82) is 0 Å². The minimum atomic E-state index is 0.501.